The number of benzene rings is 2. The van der Waals surface area contributed by atoms with Gasteiger partial charge in [-0.1, -0.05) is 54.8 Å². The average molecular weight is 482 g/mol. The van der Waals surface area contributed by atoms with Gasteiger partial charge in [0.15, 0.2) is 5.82 Å². The Labute approximate surface area is 201 Å². The second-order valence-corrected chi connectivity index (χ2v) is 9.33. The van der Waals surface area contributed by atoms with Crippen LogP contribution in [0.25, 0.3) is 22.8 Å². The van der Waals surface area contributed by atoms with Gasteiger partial charge in [0.1, 0.15) is 5.75 Å². The standard InChI is InChI=1S/C24H24ClN5O4/c1-24(2,3)13-21-28-22(30-33-21)14-6-5-7-15(10-14)23-27-19(29-34-23)12-20(31)26-16-8-9-18(32-4)17(25)11-16/h5-11H,12-13H2,1-4H3,(H,26,31). The molecule has 10 heteroatoms. The molecule has 0 radical (unpaired) electrons. The highest BCUT2D eigenvalue weighted by molar-refractivity contribution is 6.32. The van der Waals surface area contributed by atoms with Gasteiger partial charge in [-0.25, -0.2) is 0 Å². The molecule has 0 saturated heterocycles. The normalized spacial score (nSPS) is 11.4. The van der Waals surface area contributed by atoms with E-state index in [0.29, 0.717) is 40.2 Å². The lowest BCUT2D eigenvalue weighted by Crippen LogP contribution is -2.15. The summed E-state index contributed by atoms with van der Waals surface area (Å²) >= 11 is 6.10. The number of nitrogens with zero attached hydrogens (tertiary/aromatic N) is 4. The molecule has 4 aromatic rings. The summed E-state index contributed by atoms with van der Waals surface area (Å²) in [7, 11) is 1.52. The molecule has 0 aliphatic rings. The van der Waals surface area contributed by atoms with Crippen molar-refractivity contribution in [2.75, 3.05) is 12.4 Å². The van der Waals surface area contributed by atoms with E-state index in [4.69, 9.17) is 25.4 Å². The number of methoxy groups -OCH3 is 1. The molecule has 1 N–H and O–H groups in total. The van der Waals surface area contributed by atoms with Gasteiger partial charge in [0.2, 0.25) is 17.6 Å². The second-order valence-electron chi connectivity index (χ2n) is 8.92. The van der Waals surface area contributed by atoms with Crippen LogP contribution in [0.5, 0.6) is 5.75 Å². The Hall–Kier alpha value is -3.72. The number of carbonyl (C=O) groups is 1. The Morgan fingerprint density at radius 1 is 1.06 bits per heavy atom. The van der Waals surface area contributed by atoms with Gasteiger partial charge in [-0.2, -0.15) is 9.97 Å². The minimum absolute atomic E-state index is 0.0394. The van der Waals surface area contributed by atoms with Crippen molar-refractivity contribution in [1.29, 1.82) is 0 Å². The van der Waals surface area contributed by atoms with Crippen LogP contribution in [0.2, 0.25) is 5.02 Å². The van der Waals surface area contributed by atoms with E-state index in [2.05, 4.69) is 46.4 Å². The van der Waals surface area contributed by atoms with Crippen LogP contribution in [0, 0.1) is 5.41 Å². The molecule has 2 aromatic heterocycles. The molecule has 4 rings (SSSR count). The largest absolute Gasteiger partial charge is 0.495 e. The van der Waals surface area contributed by atoms with Crippen molar-refractivity contribution in [2.45, 2.75) is 33.6 Å². The molecule has 2 heterocycles. The molecule has 34 heavy (non-hydrogen) atoms. The monoisotopic (exact) mass is 481 g/mol. The minimum Gasteiger partial charge on any atom is -0.495 e. The van der Waals surface area contributed by atoms with Crippen molar-refractivity contribution in [2.24, 2.45) is 5.41 Å². The number of anilines is 1. The van der Waals surface area contributed by atoms with E-state index in [1.54, 1.807) is 18.2 Å². The molecule has 0 spiro atoms. The van der Waals surface area contributed by atoms with Crippen molar-refractivity contribution in [1.82, 2.24) is 20.3 Å². The Balaban J connectivity index is 1.44. The number of amides is 1. The molecular weight excluding hydrogens is 458 g/mol. The number of nitrogens with one attached hydrogen (secondary N) is 1. The maximum atomic E-state index is 12.4. The highest BCUT2D eigenvalue weighted by atomic mass is 35.5. The molecule has 0 saturated carbocycles. The van der Waals surface area contributed by atoms with E-state index in [-0.39, 0.29) is 29.5 Å². The molecular formula is C24H24ClN5O4. The number of rotatable bonds is 7. The summed E-state index contributed by atoms with van der Waals surface area (Å²) in [5, 5.41) is 11.2. The Kier molecular flexibility index (Phi) is 6.65. The fourth-order valence-corrected chi connectivity index (χ4v) is 3.48. The third-order valence-electron chi connectivity index (χ3n) is 4.74. The number of ether oxygens (including phenoxy) is 1. The van der Waals surface area contributed by atoms with Crippen molar-refractivity contribution in [3.63, 3.8) is 0 Å². The summed E-state index contributed by atoms with van der Waals surface area (Å²) in [4.78, 5) is 21.2. The Morgan fingerprint density at radius 3 is 2.59 bits per heavy atom. The summed E-state index contributed by atoms with van der Waals surface area (Å²) in [6.07, 6.45) is 0.616. The van der Waals surface area contributed by atoms with E-state index in [0.717, 1.165) is 5.56 Å². The van der Waals surface area contributed by atoms with E-state index in [1.165, 1.54) is 7.11 Å². The molecule has 2 aromatic carbocycles. The van der Waals surface area contributed by atoms with Crippen molar-refractivity contribution >= 4 is 23.2 Å². The van der Waals surface area contributed by atoms with Gasteiger partial charge in [-0.05, 0) is 35.7 Å². The van der Waals surface area contributed by atoms with Crippen molar-refractivity contribution < 1.29 is 18.6 Å². The molecule has 1 amide bonds. The van der Waals surface area contributed by atoms with E-state index in [1.807, 2.05) is 24.3 Å². The first-order chi connectivity index (χ1) is 16.2. The molecule has 0 bridgehead atoms. The maximum absolute atomic E-state index is 12.4. The van der Waals surface area contributed by atoms with Crippen LogP contribution >= 0.6 is 11.6 Å². The third-order valence-corrected chi connectivity index (χ3v) is 5.04. The lowest BCUT2D eigenvalue weighted by atomic mass is 9.92. The van der Waals surface area contributed by atoms with Gasteiger partial charge in [0.25, 0.3) is 5.89 Å². The summed E-state index contributed by atoms with van der Waals surface area (Å²) in [5.74, 6) is 1.83. The van der Waals surface area contributed by atoms with Crippen molar-refractivity contribution in [3.8, 4) is 28.6 Å². The zero-order valence-corrected chi connectivity index (χ0v) is 20.0. The van der Waals surface area contributed by atoms with Crippen LogP contribution in [-0.4, -0.2) is 33.3 Å². The molecule has 9 nitrogen and oxygen atoms in total. The summed E-state index contributed by atoms with van der Waals surface area (Å²) in [6.45, 7) is 6.32. The quantitative estimate of drug-likeness (QED) is 0.382. The number of hydrogen-bond acceptors (Lipinski definition) is 8. The fourth-order valence-electron chi connectivity index (χ4n) is 3.22. The van der Waals surface area contributed by atoms with Crippen LogP contribution in [-0.2, 0) is 17.6 Å². The van der Waals surface area contributed by atoms with Gasteiger partial charge in [-0.3, -0.25) is 4.79 Å². The van der Waals surface area contributed by atoms with E-state index in [9.17, 15) is 4.79 Å². The zero-order valence-electron chi connectivity index (χ0n) is 19.3. The molecule has 0 aliphatic heterocycles. The second kappa shape index (κ2) is 9.64. The zero-order chi connectivity index (χ0) is 24.3. The van der Waals surface area contributed by atoms with Crippen molar-refractivity contribution in [3.05, 3.63) is 59.2 Å². The van der Waals surface area contributed by atoms with Gasteiger partial charge in [0.05, 0.1) is 18.6 Å². The molecule has 176 valence electrons. The predicted octanol–water partition coefficient (Wildman–Crippen LogP) is 5.22. The first-order valence-electron chi connectivity index (χ1n) is 10.6. The molecule has 0 atom stereocenters. The van der Waals surface area contributed by atoms with Crippen LogP contribution in [0.4, 0.5) is 5.69 Å². The average Bonchev–Trinajstić information content (AvgIpc) is 3.42. The molecule has 0 fully saturated rings. The topological polar surface area (TPSA) is 116 Å². The summed E-state index contributed by atoms with van der Waals surface area (Å²) in [5.41, 5.74) is 2.02. The minimum atomic E-state index is -0.305. The van der Waals surface area contributed by atoms with Gasteiger partial charge >= 0.3 is 0 Å². The predicted molar refractivity (Wildman–Crippen MR) is 127 cm³/mol. The van der Waals surface area contributed by atoms with Crippen LogP contribution in [0.1, 0.15) is 32.5 Å². The Morgan fingerprint density at radius 2 is 1.85 bits per heavy atom. The highest BCUT2D eigenvalue weighted by Gasteiger charge is 2.18. The summed E-state index contributed by atoms with van der Waals surface area (Å²) < 4.78 is 15.9. The highest BCUT2D eigenvalue weighted by Crippen LogP contribution is 2.28. The third kappa shape index (κ3) is 5.79. The fraction of sp³-hybridized carbons (Fsp3) is 0.292. The first kappa shape index (κ1) is 23.4. The van der Waals surface area contributed by atoms with E-state index < -0.39 is 0 Å². The van der Waals surface area contributed by atoms with Crippen LogP contribution in [0.15, 0.2) is 51.5 Å². The van der Waals surface area contributed by atoms with Gasteiger partial charge in [-0.15, -0.1) is 0 Å². The Bertz CT molecular complexity index is 1310. The number of halogens is 1. The number of carbonyl (C=O) groups excluding carboxylic acids is 1. The van der Waals surface area contributed by atoms with Crippen LogP contribution < -0.4 is 10.1 Å². The molecule has 0 unspecified atom stereocenters. The molecule has 0 aliphatic carbocycles. The van der Waals surface area contributed by atoms with E-state index >= 15 is 0 Å². The smallest absolute Gasteiger partial charge is 0.257 e. The number of aromatic nitrogens is 4. The van der Waals surface area contributed by atoms with Gasteiger partial charge < -0.3 is 19.1 Å². The summed E-state index contributed by atoms with van der Waals surface area (Å²) in [6, 6.07) is 12.4. The van der Waals surface area contributed by atoms with Gasteiger partial charge in [0, 0.05) is 23.2 Å². The SMILES string of the molecule is COc1ccc(NC(=O)Cc2noc(-c3cccc(-c4noc(CC(C)(C)C)n4)c3)n2)cc1Cl. The first-order valence-corrected chi connectivity index (χ1v) is 11.0. The lowest BCUT2D eigenvalue weighted by Gasteiger charge is -2.13. The maximum Gasteiger partial charge on any atom is 0.257 e. The lowest BCUT2D eigenvalue weighted by molar-refractivity contribution is -0.115. The van der Waals surface area contributed by atoms with Crippen LogP contribution in [0.3, 0.4) is 0 Å². The number of hydrogen-bond donors (Lipinski definition) is 1.